The van der Waals surface area contributed by atoms with Crippen molar-refractivity contribution in [1.29, 1.82) is 0 Å². The molecule has 0 bridgehead atoms. The maximum absolute atomic E-state index is 12.6. The molecular weight excluding hydrogens is 266 g/mol. The second-order valence-electron chi connectivity index (χ2n) is 6.20. The first-order chi connectivity index (χ1) is 9.64. The van der Waals surface area contributed by atoms with E-state index in [0.717, 1.165) is 22.3 Å². The molecule has 0 saturated carbocycles. The molecule has 0 radical (unpaired) electrons. The summed E-state index contributed by atoms with van der Waals surface area (Å²) >= 11 is 0. The van der Waals surface area contributed by atoms with Crippen LogP contribution in [0.5, 0.6) is 0 Å². The van der Waals surface area contributed by atoms with Crippen LogP contribution in [-0.4, -0.2) is 28.7 Å². The number of aliphatic hydroxyl groups is 1. The maximum atomic E-state index is 12.6. The van der Waals surface area contributed by atoms with E-state index in [-0.39, 0.29) is 11.7 Å². The van der Waals surface area contributed by atoms with E-state index >= 15 is 0 Å². The van der Waals surface area contributed by atoms with E-state index in [0.29, 0.717) is 5.57 Å². The quantitative estimate of drug-likeness (QED) is 0.908. The molecule has 1 heterocycles. The Bertz CT molecular complexity index is 656. The first kappa shape index (κ1) is 15.6. The average Bonchev–Trinajstić information content (AvgIpc) is 2.56. The molecule has 4 heteroatoms. The van der Waals surface area contributed by atoms with Gasteiger partial charge in [0.25, 0.3) is 5.91 Å². The van der Waals surface area contributed by atoms with Crippen LogP contribution < -0.4 is 0 Å². The highest BCUT2D eigenvalue weighted by molar-refractivity contribution is 6.23. The number of carbonyl (C=O) groups is 1. The van der Waals surface area contributed by atoms with Crippen LogP contribution in [0.4, 0.5) is 0 Å². The van der Waals surface area contributed by atoms with Crippen molar-refractivity contribution in [2.75, 3.05) is 7.11 Å². The zero-order chi connectivity index (χ0) is 16.1. The van der Waals surface area contributed by atoms with E-state index < -0.39 is 5.54 Å². The molecule has 2 rings (SSSR count). The van der Waals surface area contributed by atoms with E-state index in [2.05, 4.69) is 6.92 Å². The van der Waals surface area contributed by atoms with E-state index in [1.165, 1.54) is 17.7 Å². The summed E-state index contributed by atoms with van der Waals surface area (Å²) in [6, 6.07) is 2.05. The smallest absolute Gasteiger partial charge is 0.282 e. The van der Waals surface area contributed by atoms with Gasteiger partial charge in [0, 0.05) is 0 Å². The summed E-state index contributed by atoms with van der Waals surface area (Å²) in [6.07, 6.45) is 0. The number of carbonyl (C=O) groups excluding carboxylic acids is 1. The molecule has 114 valence electrons. The second kappa shape index (κ2) is 4.88. The SMILES string of the molecule is CON1C(=O)C(c2c(C)cc(C)c(C)c2C)=C(O)C1(C)C. The molecule has 1 amide bonds. The van der Waals surface area contributed by atoms with Gasteiger partial charge in [0.15, 0.2) is 0 Å². The van der Waals surface area contributed by atoms with Crippen LogP contribution in [0.1, 0.15) is 41.7 Å². The second-order valence-corrected chi connectivity index (χ2v) is 6.20. The Hall–Kier alpha value is -1.81. The Morgan fingerprint density at radius 2 is 1.67 bits per heavy atom. The molecule has 0 saturated heterocycles. The molecule has 0 aromatic heterocycles. The zero-order valence-electron chi connectivity index (χ0n) is 13.8. The van der Waals surface area contributed by atoms with Crippen LogP contribution in [0.25, 0.3) is 5.57 Å². The molecule has 21 heavy (non-hydrogen) atoms. The lowest BCUT2D eigenvalue weighted by Crippen LogP contribution is -2.42. The van der Waals surface area contributed by atoms with E-state index in [4.69, 9.17) is 4.84 Å². The lowest BCUT2D eigenvalue weighted by atomic mass is 9.88. The fourth-order valence-electron chi connectivity index (χ4n) is 3.06. The summed E-state index contributed by atoms with van der Waals surface area (Å²) in [7, 11) is 1.44. The maximum Gasteiger partial charge on any atom is 0.282 e. The van der Waals surface area contributed by atoms with Gasteiger partial charge in [-0.1, -0.05) is 6.07 Å². The van der Waals surface area contributed by atoms with Crippen molar-refractivity contribution < 1.29 is 14.7 Å². The predicted molar refractivity (Wildman–Crippen MR) is 82.9 cm³/mol. The summed E-state index contributed by atoms with van der Waals surface area (Å²) in [5.74, 6) is -0.238. The number of rotatable bonds is 2. The minimum atomic E-state index is -0.862. The number of hydroxylamine groups is 2. The molecule has 1 N–H and O–H groups in total. The van der Waals surface area contributed by atoms with Crippen molar-refractivity contribution in [2.24, 2.45) is 0 Å². The number of amides is 1. The highest BCUT2D eigenvalue weighted by atomic mass is 16.7. The van der Waals surface area contributed by atoms with Crippen LogP contribution in [0.15, 0.2) is 11.8 Å². The normalized spacial score (nSPS) is 17.9. The standard InChI is InChI=1S/C17H23NO3/c1-9-8-10(2)13(12(4)11(9)3)14-15(19)17(5,6)18(21-7)16(14)20/h8,19H,1-7H3. The van der Waals surface area contributed by atoms with Gasteiger partial charge in [-0.15, -0.1) is 0 Å². The van der Waals surface area contributed by atoms with Gasteiger partial charge in [-0.25, -0.2) is 5.06 Å². The third-order valence-electron chi connectivity index (χ3n) is 4.51. The van der Waals surface area contributed by atoms with Crippen LogP contribution in [0, 0.1) is 27.7 Å². The Labute approximate surface area is 126 Å². The van der Waals surface area contributed by atoms with Crippen LogP contribution >= 0.6 is 0 Å². The molecule has 0 unspecified atom stereocenters. The fourth-order valence-corrected chi connectivity index (χ4v) is 3.06. The number of aliphatic hydroxyl groups excluding tert-OH is 1. The number of hydrogen-bond acceptors (Lipinski definition) is 3. The fraction of sp³-hybridized carbons (Fsp3) is 0.471. The Morgan fingerprint density at radius 3 is 2.14 bits per heavy atom. The highest BCUT2D eigenvalue weighted by Gasteiger charge is 2.47. The zero-order valence-corrected chi connectivity index (χ0v) is 13.8. The minimum Gasteiger partial charge on any atom is -0.509 e. The molecule has 1 aromatic carbocycles. The molecule has 1 aromatic rings. The van der Waals surface area contributed by atoms with Crippen molar-refractivity contribution in [1.82, 2.24) is 5.06 Å². The van der Waals surface area contributed by atoms with Crippen molar-refractivity contribution in [2.45, 2.75) is 47.1 Å². The Balaban J connectivity index is 2.76. The summed E-state index contributed by atoms with van der Waals surface area (Å²) in [5.41, 5.74) is 4.63. The predicted octanol–water partition coefficient (Wildman–Crippen LogP) is 3.37. The van der Waals surface area contributed by atoms with Crippen molar-refractivity contribution in [3.63, 3.8) is 0 Å². The molecule has 0 aliphatic carbocycles. The van der Waals surface area contributed by atoms with Crippen LogP contribution in [-0.2, 0) is 9.63 Å². The number of benzene rings is 1. The first-order valence-electron chi connectivity index (χ1n) is 7.04. The average molecular weight is 289 g/mol. The van der Waals surface area contributed by atoms with E-state index in [9.17, 15) is 9.90 Å². The van der Waals surface area contributed by atoms with Gasteiger partial charge in [-0.2, -0.15) is 0 Å². The van der Waals surface area contributed by atoms with Crippen molar-refractivity contribution >= 4 is 11.5 Å². The topological polar surface area (TPSA) is 49.8 Å². The Morgan fingerprint density at radius 1 is 1.10 bits per heavy atom. The minimum absolute atomic E-state index is 0.0591. The Kier molecular flexibility index (Phi) is 3.62. The molecule has 4 nitrogen and oxygen atoms in total. The number of aryl methyl sites for hydroxylation is 2. The van der Waals surface area contributed by atoms with Gasteiger partial charge < -0.3 is 5.11 Å². The molecule has 0 atom stereocenters. The van der Waals surface area contributed by atoms with Gasteiger partial charge >= 0.3 is 0 Å². The summed E-state index contributed by atoms with van der Waals surface area (Å²) in [5, 5.41) is 11.8. The number of hydrogen-bond donors (Lipinski definition) is 1. The lowest BCUT2D eigenvalue weighted by molar-refractivity contribution is -0.189. The summed E-state index contributed by atoms with van der Waals surface area (Å²) in [6.45, 7) is 11.6. The molecular formula is C17H23NO3. The van der Waals surface area contributed by atoms with Crippen LogP contribution in [0.3, 0.4) is 0 Å². The third-order valence-corrected chi connectivity index (χ3v) is 4.51. The summed E-state index contributed by atoms with van der Waals surface area (Å²) in [4.78, 5) is 17.8. The molecule has 0 spiro atoms. The largest absolute Gasteiger partial charge is 0.509 e. The van der Waals surface area contributed by atoms with Gasteiger partial charge in [0.1, 0.15) is 11.3 Å². The molecule has 0 fully saturated rings. The molecule has 1 aliphatic rings. The monoisotopic (exact) mass is 289 g/mol. The van der Waals surface area contributed by atoms with Crippen molar-refractivity contribution in [3.05, 3.63) is 39.6 Å². The van der Waals surface area contributed by atoms with E-state index in [1.807, 2.05) is 26.8 Å². The van der Waals surface area contributed by atoms with Gasteiger partial charge in [-0.05, 0) is 69.4 Å². The molecule has 1 aliphatic heterocycles. The van der Waals surface area contributed by atoms with Crippen LogP contribution in [0.2, 0.25) is 0 Å². The number of nitrogens with zero attached hydrogens (tertiary/aromatic N) is 1. The van der Waals surface area contributed by atoms with E-state index in [1.54, 1.807) is 13.8 Å². The third kappa shape index (κ3) is 2.05. The summed E-state index contributed by atoms with van der Waals surface area (Å²) < 4.78 is 0. The highest BCUT2D eigenvalue weighted by Crippen LogP contribution is 2.41. The van der Waals surface area contributed by atoms with Gasteiger partial charge in [0.05, 0.1) is 12.7 Å². The lowest BCUT2D eigenvalue weighted by Gasteiger charge is -2.28. The van der Waals surface area contributed by atoms with Gasteiger partial charge in [0.2, 0.25) is 0 Å². The van der Waals surface area contributed by atoms with Crippen molar-refractivity contribution in [3.8, 4) is 0 Å². The first-order valence-corrected chi connectivity index (χ1v) is 7.04. The van der Waals surface area contributed by atoms with Gasteiger partial charge in [-0.3, -0.25) is 9.63 Å².